The summed E-state index contributed by atoms with van der Waals surface area (Å²) in [5.41, 5.74) is 15.8. The van der Waals surface area contributed by atoms with Gasteiger partial charge in [0.05, 0.1) is 33.9 Å². The number of pyridine rings is 2. The van der Waals surface area contributed by atoms with Gasteiger partial charge in [0.25, 0.3) is 5.56 Å². The Kier molecular flexibility index (Phi) is 5.40. The molecule has 0 radical (unpaired) electrons. The lowest BCUT2D eigenvalue weighted by molar-refractivity contribution is 0.343. The number of nitrogens with zero attached hydrogens (tertiary/aromatic N) is 5. The maximum absolute atomic E-state index is 14.1. The number of nitrogens with two attached hydrogens (primary N) is 2. The Morgan fingerprint density at radius 1 is 1.21 bits per heavy atom. The molecule has 5 rings (SSSR count). The summed E-state index contributed by atoms with van der Waals surface area (Å²) < 4.78 is 1.74. The van der Waals surface area contributed by atoms with Crippen LogP contribution in [0.25, 0.3) is 33.0 Å². The van der Waals surface area contributed by atoms with Gasteiger partial charge in [-0.25, -0.2) is 0 Å². The summed E-state index contributed by atoms with van der Waals surface area (Å²) >= 11 is 1.66. The fraction of sp³-hybridized carbons (Fsp3) is 0.292. The zero-order valence-electron chi connectivity index (χ0n) is 19.4. The first-order valence-electron chi connectivity index (χ1n) is 11.0. The number of phenols is 1. The van der Waals surface area contributed by atoms with Gasteiger partial charge in [0, 0.05) is 48.7 Å². The Labute approximate surface area is 200 Å². The number of aromatic hydroxyl groups is 1. The number of thioether (sulfide) groups is 1. The van der Waals surface area contributed by atoms with Crippen molar-refractivity contribution in [3.05, 3.63) is 57.0 Å². The Morgan fingerprint density at radius 3 is 2.74 bits per heavy atom. The summed E-state index contributed by atoms with van der Waals surface area (Å²) in [6.07, 6.45) is 4.94. The molecule has 0 bridgehead atoms. The fourth-order valence-electron chi connectivity index (χ4n) is 5.03. The van der Waals surface area contributed by atoms with E-state index in [0.29, 0.717) is 24.9 Å². The summed E-state index contributed by atoms with van der Waals surface area (Å²) in [5.74, 6) is 0.199. The van der Waals surface area contributed by atoms with Gasteiger partial charge in [-0.05, 0) is 43.4 Å². The molecule has 0 saturated heterocycles. The molecule has 34 heavy (non-hydrogen) atoms. The molecule has 0 aliphatic carbocycles. The van der Waals surface area contributed by atoms with E-state index in [4.69, 9.17) is 16.5 Å². The lowest BCUT2D eigenvalue weighted by atomic mass is 9.99. The van der Waals surface area contributed by atoms with Gasteiger partial charge in [0.15, 0.2) is 5.96 Å². The highest BCUT2D eigenvalue weighted by molar-refractivity contribution is 8.02. The van der Waals surface area contributed by atoms with Crippen molar-refractivity contribution in [1.29, 1.82) is 0 Å². The highest BCUT2D eigenvalue weighted by Gasteiger charge is 2.31. The molecule has 4 aromatic rings. The van der Waals surface area contributed by atoms with Crippen molar-refractivity contribution in [2.75, 3.05) is 33.6 Å². The van der Waals surface area contributed by atoms with Crippen LogP contribution >= 0.6 is 11.8 Å². The third kappa shape index (κ3) is 3.28. The Bertz CT molecular complexity index is 1540. The second kappa shape index (κ2) is 8.28. The minimum atomic E-state index is -0.0817. The zero-order chi connectivity index (χ0) is 24.1. The molecule has 1 aliphatic heterocycles. The maximum Gasteiger partial charge on any atom is 0.259 e. The van der Waals surface area contributed by atoms with Crippen molar-refractivity contribution in [3.63, 3.8) is 0 Å². The van der Waals surface area contributed by atoms with E-state index >= 15 is 0 Å². The maximum atomic E-state index is 14.1. The van der Waals surface area contributed by atoms with E-state index in [2.05, 4.69) is 14.8 Å². The molecule has 0 spiro atoms. The molecule has 0 saturated carbocycles. The van der Waals surface area contributed by atoms with Crippen molar-refractivity contribution in [3.8, 4) is 5.75 Å². The predicted molar refractivity (Wildman–Crippen MR) is 139 cm³/mol. The molecule has 4 heterocycles. The first-order valence-corrected chi connectivity index (χ1v) is 12.2. The SMILES string of the molecule is CSC1=C(c2c(CCCN=C(N)N)c(=O)n3c4ccc(O)cc4c4ccnc2c43)N(C)CN1C. The molecular weight excluding hydrogens is 450 g/mol. The molecule has 0 amide bonds. The van der Waals surface area contributed by atoms with E-state index in [1.165, 1.54) is 0 Å². The van der Waals surface area contributed by atoms with Crippen molar-refractivity contribution in [2.45, 2.75) is 12.8 Å². The summed E-state index contributed by atoms with van der Waals surface area (Å²) in [6, 6.07) is 7.00. The molecule has 0 unspecified atom stereocenters. The molecule has 5 N–H and O–H groups in total. The highest BCUT2D eigenvalue weighted by Crippen LogP contribution is 2.41. The number of benzene rings is 1. The second-order valence-corrected chi connectivity index (χ2v) is 9.35. The minimum absolute atomic E-state index is 0.0404. The molecule has 10 heteroatoms. The molecule has 1 aromatic carbocycles. The van der Waals surface area contributed by atoms with Gasteiger partial charge >= 0.3 is 0 Å². The van der Waals surface area contributed by atoms with Gasteiger partial charge in [0.1, 0.15) is 5.75 Å². The number of hydrogen-bond acceptors (Lipinski definition) is 7. The standard InChI is InChI=1S/C24H27N7O2S/c1-29-12-30(2)23(34-3)21(29)18-15(5-4-9-28-24(25)26)22(33)31-17-7-6-13(32)11-16(17)14-8-10-27-19(18)20(14)31/h6-8,10-11,32H,4-5,9,12H2,1-3H3,(H4,25,26,28). The molecular formula is C24H27N7O2S. The summed E-state index contributed by atoms with van der Waals surface area (Å²) in [7, 11) is 4.08. The number of guanidine groups is 1. The number of aromatic nitrogens is 2. The van der Waals surface area contributed by atoms with Crippen molar-refractivity contribution in [1.82, 2.24) is 19.2 Å². The largest absolute Gasteiger partial charge is 0.508 e. The normalized spacial score (nSPS) is 14.3. The van der Waals surface area contributed by atoms with E-state index in [1.54, 1.807) is 40.6 Å². The van der Waals surface area contributed by atoms with Crippen molar-refractivity contribution < 1.29 is 5.11 Å². The van der Waals surface area contributed by atoms with Crippen LogP contribution < -0.4 is 17.0 Å². The van der Waals surface area contributed by atoms with Crippen LogP contribution in [0.3, 0.4) is 0 Å². The van der Waals surface area contributed by atoms with Gasteiger partial charge in [-0.2, -0.15) is 0 Å². The van der Waals surface area contributed by atoms with Crippen LogP contribution in [-0.4, -0.2) is 63.8 Å². The zero-order valence-corrected chi connectivity index (χ0v) is 20.2. The van der Waals surface area contributed by atoms with Crippen LogP contribution in [0.5, 0.6) is 5.75 Å². The summed E-state index contributed by atoms with van der Waals surface area (Å²) in [4.78, 5) is 27.4. The van der Waals surface area contributed by atoms with Crippen molar-refractivity contribution in [2.24, 2.45) is 16.5 Å². The molecule has 9 nitrogen and oxygen atoms in total. The molecule has 0 fully saturated rings. The van der Waals surface area contributed by atoms with Gasteiger partial charge < -0.3 is 26.4 Å². The van der Waals surface area contributed by atoms with Gasteiger partial charge in [-0.3, -0.25) is 19.2 Å². The Hall–Kier alpha value is -3.66. The third-order valence-electron chi connectivity index (χ3n) is 6.32. The molecule has 1 aliphatic rings. The quantitative estimate of drug-likeness (QED) is 0.219. The van der Waals surface area contributed by atoms with E-state index in [0.717, 1.165) is 50.3 Å². The van der Waals surface area contributed by atoms with E-state index < -0.39 is 0 Å². The van der Waals surface area contributed by atoms with E-state index in [1.807, 2.05) is 26.4 Å². The van der Waals surface area contributed by atoms with Gasteiger partial charge in [-0.15, -0.1) is 11.8 Å². The van der Waals surface area contributed by atoms with Crippen LogP contribution in [0.2, 0.25) is 0 Å². The van der Waals surface area contributed by atoms with E-state index in [-0.39, 0.29) is 17.3 Å². The van der Waals surface area contributed by atoms with Crippen LogP contribution in [0.4, 0.5) is 0 Å². The fourth-order valence-corrected chi connectivity index (χ4v) is 5.85. The number of rotatable bonds is 6. The molecule has 3 aromatic heterocycles. The van der Waals surface area contributed by atoms with Gasteiger partial charge in [-0.1, -0.05) is 0 Å². The number of aliphatic imine (C=N–C) groups is 1. The monoisotopic (exact) mass is 477 g/mol. The Morgan fingerprint density at radius 2 is 2.00 bits per heavy atom. The second-order valence-electron chi connectivity index (χ2n) is 8.56. The number of phenolic OH excluding ortho intramolecular Hbond substituents is 1. The highest BCUT2D eigenvalue weighted by atomic mass is 32.2. The summed E-state index contributed by atoms with van der Waals surface area (Å²) in [6.45, 7) is 1.15. The lowest BCUT2D eigenvalue weighted by Crippen LogP contribution is -2.25. The van der Waals surface area contributed by atoms with Crippen LogP contribution in [0.1, 0.15) is 17.5 Å². The average Bonchev–Trinajstić information content (AvgIpc) is 3.27. The van der Waals surface area contributed by atoms with E-state index in [9.17, 15) is 9.90 Å². The Balaban J connectivity index is 1.89. The first kappa shape index (κ1) is 22.1. The summed E-state index contributed by atoms with van der Waals surface area (Å²) in [5, 5.41) is 12.9. The van der Waals surface area contributed by atoms with Crippen LogP contribution in [0.15, 0.2) is 45.3 Å². The first-order chi connectivity index (χ1) is 16.3. The minimum Gasteiger partial charge on any atom is -0.508 e. The van der Waals surface area contributed by atoms with Crippen LogP contribution in [0, 0.1) is 0 Å². The number of fused-ring (bicyclic) bond motifs is 3. The van der Waals surface area contributed by atoms with Crippen LogP contribution in [-0.2, 0) is 6.42 Å². The molecule has 0 atom stereocenters. The third-order valence-corrected chi connectivity index (χ3v) is 7.22. The predicted octanol–water partition coefficient (Wildman–Crippen LogP) is 2.17. The smallest absolute Gasteiger partial charge is 0.259 e. The molecule has 176 valence electrons. The topological polar surface area (TPSA) is 125 Å². The van der Waals surface area contributed by atoms with Gasteiger partial charge in [0.2, 0.25) is 0 Å². The lowest BCUT2D eigenvalue weighted by Gasteiger charge is -2.20. The number of hydrogen-bond donors (Lipinski definition) is 3. The average molecular weight is 478 g/mol. The van der Waals surface area contributed by atoms with Crippen molar-refractivity contribution >= 4 is 50.7 Å².